The van der Waals surface area contributed by atoms with E-state index in [1.807, 2.05) is 6.92 Å². The number of halogens is 2. The summed E-state index contributed by atoms with van der Waals surface area (Å²) in [7, 11) is 1.53. The Balaban J connectivity index is 1.80. The van der Waals surface area contributed by atoms with Gasteiger partial charge in [0.05, 0.1) is 24.3 Å². The molecule has 7 heteroatoms. The number of hydrogen-bond donors (Lipinski definition) is 1. The summed E-state index contributed by atoms with van der Waals surface area (Å²) in [5.74, 6) is 0.317. The van der Waals surface area contributed by atoms with Crippen LogP contribution in [0.25, 0.3) is 11.1 Å². The number of aldehydes is 1. The summed E-state index contributed by atoms with van der Waals surface area (Å²) in [6, 6.07) is 14.3. The highest BCUT2D eigenvalue weighted by Crippen LogP contribution is 2.28. The molecule has 0 atom stereocenters. The number of carbonyl (C=O) groups excluding carboxylic acids is 2. The third-order valence-corrected chi connectivity index (χ3v) is 5.08. The summed E-state index contributed by atoms with van der Waals surface area (Å²) in [5, 5.41) is 3.12. The van der Waals surface area contributed by atoms with Crippen LogP contribution in [0.4, 0.5) is 4.39 Å². The Morgan fingerprint density at radius 3 is 2.59 bits per heavy atom. The summed E-state index contributed by atoms with van der Waals surface area (Å²) in [6.45, 7) is 2.73. The fourth-order valence-electron chi connectivity index (χ4n) is 3.20. The first-order valence-electron chi connectivity index (χ1n) is 10.1. The van der Waals surface area contributed by atoms with Gasteiger partial charge in [-0.25, -0.2) is 4.39 Å². The van der Waals surface area contributed by atoms with Gasteiger partial charge in [-0.2, -0.15) is 0 Å². The fourth-order valence-corrected chi connectivity index (χ4v) is 3.46. The van der Waals surface area contributed by atoms with Gasteiger partial charge in [-0.15, -0.1) is 0 Å². The SMILES string of the molecule is CCCOc1ccc(C(=O)NCc2cc(-c3cc(F)cc(C=O)c3)ccc2OC)c(Cl)c1. The highest BCUT2D eigenvalue weighted by molar-refractivity contribution is 6.34. The zero-order valence-corrected chi connectivity index (χ0v) is 18.5. The molecule has 3 aromatic rings. The summed E-state index contributed by atoms with van der Waals surface area (Å²) in [6.07, 6.45) is 1.46. The van der Waals surface area contributed by atoms with Crippen molar-refractivity contribution < 1.29 is 23.5 Å². The molecule has 0 heterocycles. The van der Waals surface area contributed by atoms with E-state index in [9.17, 15) is 14.0 Å². The molecule has 1 N–H and O–H groups in total. The summed E-state index contributed by atoms with van der Waals surface area (Å²) in [4.78, 5) is 23.8. The van der Waals surface area contributed by atoms with Gasteiger partial charge in [0.1, 0.15) is 23.6 Å². The van der Waals surface area contributed by atoms with E-state index in [1.54, 1.807) is 42.5 Å². The van der Waals surface area contributed by atoms with Gasteiger partial charge in [-0.1, -0.05) is 24.6 Å². The van der Waals surface area contributed by atoms with Crippen LogP contribution in [0.15, 0.2) is 54.6 Å². The second kappa shape index (κ2) is 10.8. The number of ether oxygens (including phenoxy) is 2. The number of rotatable bonds is 9. The number of hydrogen-bond acceptors (Lipinski definition) is 4. The lowest BCUT2D eigenvalue weighted by atomic mass is 10.0. The number of methoxy groups -OCH3 is 1. The lowest BCUT2D eigenvalue weighted by Crippen LogP contribution is -2.23. The van der Waals surface area contributed by atoms with Crippen molar-refractivity contribution >= 4 is 23.8 Å². The van der Waals surface area contributed by atoms with Crippen LogP contribution in [-0.4, -0.2) is 25.9 Å². The molecule has 32 heavy (non-hydrogen) atoms. The predicted octanol–water partition coefficient (Wildman–Crippen LogP) is 5.69. The quantitative estimate of drug-likeness (QED) is 0.421. The molecule has 0 spiro atoms. The fraction of sp³-hybridized carbons (Fsp3) is 0.200. The van der Waals surface area contributed by atoms with E-state index >= 15 is 0 Å². The average molecular weight is 456 g/mol. The van der Waals surface area contributed by atoms with E-state index < -0.39 is 5.82 Å². The van der Waals surface area contributed by atoms with Gasteiger partial charge in [0, 0.05) is 17.7 Å². The first-order chi connectivity index (χ1) is 15.4. The van der Waals surface area contributed by atoms with Crippen molar-refractivity contribution in [2.24, 2.45) is 0 Å². The molecule has 0 aliphatic heterocycles. The van der Waals surface area contributed by atoms with E-state index in [4.69, 9.17) is 21.1 Å². The van der Waals surface area contributed by atoms with E-state index in [0.29, 0.717) is 46.6 Å². The first kappa shape index (κ1) is 23.3. The Morgan fingerprint density at radius 1 is 1.09 bits per heavy atom. The predicted molar refractivity (Wildman–Crippen MR) is 122 cm³/mol. The Kier molecular flexibility index (Phi) is 7.84. The van der Waals surface area contributed by atoms with Crippen molar-refractivity contribution in [3.63, 3.8) is 0 Å². The molecule has 0 aromatic heterocycles. The Morgan fingerprint density at radius 2 is 1.91 bits per heavy atom. The minimum Gasteiger partial charge on any atom is -0.496 e. The van der Waals surface area contributed by atoms with Crippen LogP contribution >= 0.6 is 11.6 Å². The maximum absolute atomic E-state index is 13.9. The highest BCUT2D eigenvalue weighted by Gasteiger charge is 2.14. The number of amides is 1. The van der Waals surface area contributed by atoms with Crippen LogP contribution in [0.2, 0.25) is 5.02 Å². The maximum atomic E-state index is 13.9. The van der Waals surface area contributed by atoms with Gasteiger partial charge < -0.3 is 14.8 Å². The molecule has 0 radical (unpaired) electrons. The molecule has 0 saturated heterocycles. The summed E-state index contributed by atoms with van der Waals surface area (Å²) in [5.41, 5.74) is 2.49. The van der Waals surface area contributed by atoms with Gasteiger partial charge in [-0.05, 0) is 66.1 Å². The van der Waals surface area contributed by atoms with Crippen LogP contribution < -0.4 is 14.8 Å². The largest absolute Gasteiger partial charge is 0.496 e. The smallest absolute Gasteiger partial charge is 0.253 e. The number of carbonyl (C=O) groups is 2. The summed E-state index contributed by atoms with van der Waals surface area (Å²) < 4.78 is 24.8. The number of benzene rings is 3. The van der Waals surface area contributed by atoms with Gasteiger partial charge in [-0.3, -0.25) is 9.59 Å². The lowest BCUT2D eigenvalue weighted by Gasteiger charge is -2.13. The molecular weight excluding hydrogens is 433 g/mol. The van der Waals surface area contributed by atoms with Crippen molar-refractivity contribution in [3.8, 4) is 22.6 Å². The van der Waals surface area contributed by atoms with Gasteiger partial charge in [0.25, 0.3) is 5.91 Å². The lowest BCUT2D eigenvalue weighted by molar-refractivity contribution is 0.0950. The second-order valence-electron chi connectivity index (χ2n) is 7.09. The topological polar surface area (TPSA) is 64.6 Å². The van der Waals surface area contributed by atoms with Gasteiger partial charge in [0.15, 0.2) is 0 Å². The molecule has 0 bridgehead atoms. The molecule has 5 nitrogen and oxygen atoms in total. The second-order valence-corrected chi connectivity index (χ2v) is 7.50. The third kappa shape index (κ3) is 5.65. The molecule has 3 rings (SSSR count). The van der Waals surface area contributed by atoms with Crippen molar-refractivity contribution in [1.29, 1.82) is 0 Å². The monoisotopic (exact) mass is 455 g/mol. The molecule has 1 amide bonds. The number of nitrogens with one attached hydrogen (secondary N) is 1. The molecule has 0 aliphatic carbocycles. The summed E-state index contributed by atoms with van der Waals surface area (Å²) >= 11 is 6.26. The standard InChI is InChI=1S/C25H23ClFNO4/c1-3-8-32-21-5-6-22(23(26)13-21)25(30)28-14-19-11-17(4-7-24(19)31-2)18-9-16(15-29)10-20(27)12-18/h4-7,9-13,15H,3,8,14H2,1-2H3,(H,28,30). The Labute approximate surface area is 191 Å². The molecule has 0 saturated carbocycles. The van der Waals surface area contributed by atoms with Crippen molar-refractivity contribution in [2.75, 3.05) is 13.7 Å². The molecule has 0 fully saturated rings. The van der Waals surface area contributed by atoms with Gasteiger partial charge in [0.2, 0.25) is 0 Å². The molecule has 0 aliphatic rings. The zero-order valence-electron chi connectivity index (χ0n) is 17.8. The van der Waals surface area contributed by atoms with Crippen molar-refractivity contribution in [3.05, 3.63) is 82.1 Å². The zero-order chi connectivity index (χ0) is 23.1. The van der Waals surface area contributed by atoms with E-state index in [0.717, 1.165) is 6.42 Å². The molecule has 3 aromatic carbocycles. The normalized spacial score (nSPS) is 10.5. The van der Waals surface area contributed by atoms with Crippen LogP contribution in [0.3, 0.4) is 0 Å². The third-order valence-electron chi connectivity index (χ3n) is 4.77. The van der Waals surface area contributed by atoms with E-state index in [-0.39, 0.29) is 23.0 Å². The van der Waals surface area contributed by atoms with E-state index in [2.05, 4.69) is 5.32 Å². The minimum absolute atomic E-state index is 0.163. The molecule has 166 valence electrons. The Bertz CT molecular complexity index is 1130. The molecule has 0 unspecified atom stereocenters. The van der Waals surface area contributed by atoms with Crippen molar-refractivity contribution in [1.82, 2.24) is 5.32 Å². The van der Waals surface area contributed by atoms with Crippen LogP contribution in [0, 0.1) is 5.82 Å². The maximum Gasteiger partial charge on any atom is 0.253 e. The molecular formula is C25H23ClFNO4. The van der Waals surface area contributed by atoms with Crippen LogP contribution in [-0.2, 0) is 6.54 Å². The highest BCUT2D eigenvalue weighted by atomic mass is 35.5. The first-order valence-corrected chi connectivity index (χ1v) is 10.5. The van der Waals surface area contributed by atoms with Crippen LogP contribution in [0.5, 0.6) is 11.5 Å². The van der Waals surface area contributed by atoms with Crippen molar-refractivity contribution in [2.45, 2.75) is 19.9 Å². The minimum atomic E-state index is -0.503. The van der Waals surface area contributed by atoms with E-state index in [1.165, 1.54) is 19.2 Å². The Hall–Kier alpha value is -3.38. The van der Waals surface area contributed by atoms with Gasteiger partial charge >= 0.3 is 0 Å². The van der Waals surface area contributed by atoms with Crippen LogP contribution in [0.1, 0.15) is 39.6 Å². The average Bonchev–Trinajstić information content (AvgIpc) is 2.80.